The summed E-state index contributed by atoms with van der Waals surface area (Å²) in [5, 5.41) is 0. The van der Waals surface area contributed by atoms with Crippen LogP contribution in [0.5, 0.6) is 0 Å². The van der Waals surface area contributed by atoms with E-state index in [1.807, 2.05) is 0 Å². The average molecular weight is 169 g/mol. The maximum atomic E-state index is 5.50. The first-order valence-electron chi connectivity index (χ1n) is 4.90. The molecule has 1 saturated heterocycles. The molecule has 0 saturated carbocycles. The van der Waals surface area contributed by atoms with Crippen LogP contribution in [-0.4, -0.2) is 19.3 Å². The highest BCUT2D eigenvalue weighted by Crippen LogP contribution is 2.16. The fourth-order valence-electron chi connectivity index (χ4n) is 1.49. The topological polar surface area (TPSA) is 35.2 Å². The number of hydrogen-bond acceptors (Lipinski definition) is 2. The van der Waals surface area contributed by atoms with Gasteiger partial charge in [-0.1, -0.05) is 12.2 Å². The van der Waals surface area contributed by atoms with E-state index in [2.05, 4.69) is 12.2 Å². The van der Waals surface area contributed by atoms with Crippen molar-refractivity contribution in [2.75, 3.05) is 13.2 Å². The van der Waals surface area contributed by atoms with Gasteiger partial charge in [0.05, 0.1) is 6.10 Å². The van der Waals surface area contributed by atoms with Crippen LogP contribution in [0.3, 0.4) is 0 Å². The normalized spacial score (nSPS) is 23.9. The quantitative estimate of drug-likeness (QED) is 0.637. The van der Waals surface area contributed by atoms with Crippen molar-refractivity contribution in [1.82, 2.24) is 0 Å². The fourth-order valence-corrected chi connectivity index (χ4v) is 1.49. The van der Waals surface area contributed by atoms with Gasteiger partial charge in [0, 0.05) is 6.61 Å². The van der Waals surface area contributed by atoms with Crippen LogP contribution < -0.4 is 5.73 Å². The third kappa shape index (κ3) is 3.88. The van der Waals surface area contributed by atoms with E-state index in [-0.39, 0.29) is 0 Å². The monoisotopic (exact) mass is 169 g/mol. The number of allylic oxidation sites excluding steroid dienone is 1. The highest BCUT2D eigenvalue weighted by Gasteiger charge is 2.13. The molecule has 1 heterocycles. The van der Waals surface area contributed by atoms with Crippen LogP contribution in [-0.2, 0) is 4.74 Å². The van der Waals surface area contributed by atoms with Gasteiger partial charge in [-0.25, -0.2) is 0 Å². The summed E-state index contributed by atoms with van der Waals surface area (Å²) >= 11 is 0. The minimum atomic E-state index is 0.535. The van der Waals surface area contributed by atoms with Gasteiger partial charge in [-0.05, 0) is 38.6 Å². The van der Waals surface area contributed by atoms with Crippen molar-refractivity contribution < 1.29 is 4.74 Å². The lowest BCUT2D eigenvalue weighted by molar-refractivity contribution is 0.105. The van der Waals surface area contributed by atoms with Crippen LogP contribution in [0.2, 0.25) is 0 Å². The molecule has 0 spiro atoms. The minimum Gasteiger partial charge on any atom is -0.378 e. The van der Waals surface area contributed by atoms with E-state index in [9.17, 15) is 0 Å². The lowest BCUT2D eigenvalue weighted by Gasteiger charge is -2.05. The Bertz CT molecular complexity index is 128. The summed E-state index contributed by atoms with van der Waals surface area (Å²) in [6, 6.07) is 0. The summed E-state index contributed by atoms with van der Waals surface area (Å²) in [6.07, 6.45) is 10.7. The van der Waals surface area contributed by atoms with E-state index in [4.69, 9.17) is 10.5 Å². The van der Waals surface area contributed by atoms with Gasteiger partial charge in [0.25, 0.3) is 0 Å². The molecule has 1 aliphatic rings. The molecule has 2 heteroatoms. The molecule has 0 aromatic heterocycles. The summed E-state index contributed by atoms with van der Waals surface area (Å²) in [5.41, 5.74) is 5.36. The molecular formula is C10H19NO. The molecule has 0 aromatic rings. The zero-order valence-corrected chi connectivity index (χ0v) is 7.67. The van der Waals surface area contributed by atoms with Gasteiger partial charge in [-0.3, -0.25) is 0 Å². The van der Waals surface area contributed by atoms with Crippen molar-refractivity contribution in [2.45, 2.75) is 38.2 Å². The van der Waals surface area contributed by atoms with E-state index in [0.29, 0.717) is 6.10 Å². The first-order valence-corrected chi connectivity index (χ1v) is 4.90. The fraction of sp³-hybridized carbons (Fsp3) is 0.800. The molecule has 2 nitrogen and oxygen atoms in total. The van der Waals surface area contributed by atoms with Gasteiger partial charge in [0.15, 0.2) is 0 Å². The van der Waals surface area contributed by atoms with Crippen LogP contribution in [0.1, 0.15) is 32.1 Å². The van der Waals surface area contributed by atoms with Gasteiger partial charge >= 0.3 is 0 Å². The molecule has 1 unspecified atom stereocenters. The maximum Gasteiger partial charge on any atom is 0.0579 e. The van der Waals surface area contributed by atoms with Gasteiger partial charge in [-0.2, -0.15) is 0 Å². The van der Waals surface area contributed by atoms with Crippen molar-refractivity contribution in [2.24, 2.45) is 5.73 Å². The minimum absolute atomic E-state index is 0.535. The standard InChI is InChI=1S/C10H19NO/c11-8-4-2-1-3-6-10-7-5-9-12-10/h1-2,10H,3-9,11H2. The number of hydrogen-bond donors (Lipinski definition) is 1. The Hall–Kier alpha value is -0.340. The summed E-state index contributed by atoms with van der Waals surface area (Å²) in [7, 11) is 0. The predicted octanol–water partition coefficient (Wildman–Crippen LogP) is 1.85. The smallest absolute Gasteiger partial charge is 0.0579 e. The number of ether oxygens (including phenoxy) is 1. The average Bonchev–Trinajstić information content (AvgIpc) is 2.57. The summed E-state index contributed by atoms with van der Waals surface area (Å²) < 4.78 is 5.50. The lowest BCUT2D eigenvalue weighted by atomic mass is 10.1. The Morgan fingerprint density at radius 3 is 2.83 bits per heavy atom. The first-order chi connectivity index (χ1) is 5.93. The molecule has 70 valence electrons. The third-order valence-electron chi connectivity index (χ3n) is 2.18. The van der Waals surface area contributed by atoms with E-state index in [1.165, 1.54) is 19.3 Å². The summed E-state index contributed by atoms with van der Waals surface area (Å²) in [4.78, 5) is 0. The van der Waals surface area contributed by atoms with Crippen molar-refractivity contribution >= 4 is 0 Å². The van der Waals surface area contributed by atoms with E-state index >= 15 is 0 Å². The van der Waals surface area contributed by atoms with Crippen LogP contribution in [0.4, 0.5) is 0 Å². The van der Waals surface area contributed by atoms with Crippen molar-refractivity contribution in [3.05, 3.63) is 12.2 Å². The summed E-state index contributed by atoms with van der Waals surface area (Å²) in [5.74, 6) is 0. The molecule has 0 amide bonds. The Balaban J connectivity index is 1.94. The Morgan fingerprint density at radius 1 is 1.33 bits per heavy atom. The van der Waals surface area contributed by atoms with Gasteiger partial charge < -0.3 is 10.5 Å². The maximum absolute atomic E-state index is 5.50. The van der Waals surface area contributed by atoms with Gasteiger partial charge in [0.2, 0.25) is 0 Å². The molecule has 0 aliphatic carbocycles. The van der Waals surface area contributed by atoms with Crippen LogP contribution in [0.15, 0.2) is 12.2 Å². The van der Waals surface area contributed by atoms with Gasteiger partial charge in [-0.15, -0.1) is 0 Å². The SMILES string of the molecule is NCCC=CCCC1CCCO1. The summed E-state index contributed by atoms with van der Waals surface area (Å²) in [6.45, 7) is 1.73. The Labute approximate surface area is 74.8 Å². The molecule has 12 heavy (non-hydrogen) atoms. The van der Waals surface area contributed by atoms with Crippen molar-refractivity contribution in [1.29, 1.82) is 0 Å². The van der Waals surface area contributed by atoms with E-state index < -0.39 is 0 Å². The van der Waals surface area contributed by atoms with Gasteiger partial charge in [0.1, 0.15) is 0 Å². The molecule has 0 bridgehead atoms. The molecule has 1 rings (SSSR count). The lowest BCUT2D eigenvalue weighted by Crippen LogP contribution is -2.03. The largest absolute Gasteiger partial charge is 0.378 e. The zero-order chi connectivity index (χ0) is 8.65. The van der Waals surface area contributed by atoms with E-state index in [0.717, 1.165) is 26.0 Å². The molecule has 1 atom stereocenters. The molecule has 1 aliphatic heterocycles. The molecule has 0 aromatic carbocycles. The van der Waals surface area contributed by atoms with Crippen LogP contribution >= 0.6 is 0 Å². The second-order valence-corrected chi connectivity index (χ2v) is 3.26. The van der Waals surface area contributed by atoms with Crippen LogP contribution in [0, 0.1) is 0 Å². The second-order valence-electron chi connectivity index (χ2n) is 3.26. The number of nitrogens with two attached hydrogens (primary N) is 1. The second kappa shape index (κ2) is 6.21. The van der Waals surface area contributed by atoms with E-state index in [1.54, 1.807) is 0 Å². The van der Waals surface area contributed by atoms with Crippen molar-refractivity contribution in [3.63, 3.8) is 0 Å². The first kappa shape index (κ1) is 9.75. The molecular weight excluding hydrogens is 150 g/mol. The number of rotatable bonds is 5. The zero-order valence-electron chi connectivity index (χ0n) is 7.67. The molecule has 1 fully saturated rings. The predicted molar refractivity (Wildman–Crippen MR) is 51.0 cm³/mol. The highest BCUT2D eigenvalue weighted by molar-refractivity contribution is 4.83. The Kier molecular flexibility index (Phi) is 5.04. The highest BCUT2D eigenvalue weighted by atomic mass is 16.5. The Morgan fingerprint density at radius 2 is 2.17 bits per heavy atom. The van der Waals surface area contributed by atoms with Crippen LogP contribution in [0.25, 0.3) is 0 Å². The molecule has 2 N–H and O–H groups in total. The van der Waals surface area contributed by atoms with Crippen molar-refractivity contribution in [3.8, 4) is 0 Å². The third-order valence-corrected chi connectivity index (χ3v) is 2.18. The molecule has 0 radical (unpaired) electrons.